The maximum Gasteiger partial charge on any atom is 0.137 e. The molecule has 0 radical (unpaired) electrons. The SMILES string of the molecule is Fc1cccc(C(Cl)c2cc(Cl)cc3c2OCC3)c1Br. The van der Waals surface area contributed by atoms with Crippen LogP contribution in [0.1, 0.15) is 22.1 Å². The molecule has 20 heavy (non-hydrogen) atoms. The molecule has 0 saturated heterocycles. The lowest BCUT2D eigenvalue weighted by Gasteiger charge is -2.16. The van der Waals surface area contributed by atoms with E-state index in [0.29, 0.717) is 21.7 Å². The molecular formula is C15H10BrCl2FO. The second-order valence-corrected chi connectivity index (χ2v) is 6.25. The molecule has 5 heteroatoms. The first-order valence-electron chi connectivity index (χ1n) is 6.11. The van der Waals surface area contributed by atoms with Crippen LogP contribution < -0.4 is 4.74 Å². The van der Waals surface area contributed by atoms with Gasteiger partial charge in [0.1, 0.15) is 11.6 Å². The second kappa shape index (κ2) is 5.55. The summed E-state index contributed by atoms with van der Waals surface area (Å²) in [4.78, 5) is 0. The van der Waals surface area contributed by atoms with Gasteiger partial charge in [-0.15, -0.1) is 11.6 Å². The predicted molar refractivity (Wildman–Crippen MR) is 82.4 cm³/mol. The smallest absolute Gasteiger partial charge is 0.137 e. The molecule has 0 fully saturated rings. The van der Waals surface area contributed by atoms with E-state index in [2.05, 4.69) is 15.9 Å². The summed E-state index contributed by atoms with van der Waals surface area (Å²) in [6.07, 6.45) is 0.816. The molecule has 1 atom stereocenters. The summed E-state index contributed by atoms with van der Waals surface area (Å²) in [6, 6.07) is 8.47. The van der Waals surface area contributed by atoms with Crippen molar-refractivity contribution in [2.24, 2.45) is 0 Å². The van der Waals surface area contributed by atoms with Crippen molar-refractivity contribution < 1.29 is 9.13 Å². The van der Waals surface area contributed by atoms with Gasteiger partial charge >= 0.3 is 0 Å². The fraction of sp³-hybridized carbons (Fsp3) is 0.200. The highest BCUT2D eigenvalue weighted by molar-refractivity contribution is 9.10. The van der Waals surface area contributed by atoms with Crippen LogP contribution in [0.2, 0.25) is 5.02 Å². The number of benzene rings is 2. The third kappa shape index (κ3) is 2.43. The summed E-state index contributed by atoms with van der Waals surface area (Å²) in [7, 11) is 0. The number of hydrogen-bond acceptors (Lipinski definition) is 1. The van der Waals surface area contributed by atoms with Crippen molar-refractivity contribution >= 4 is 39.1 Å². The molecule has 2 aromatic carbocycles. The van der Waals surface area contributed by atoms with Gasteiger partial charge in [0.15, 0.2) is 0 Å². The van der Waals surface area contributed by atoms with Crippen LogP contribution in [0.25, 0.3) is 0 Å². The van der Waals surface area contributed by atoms with E-state index in [1.54, 1.807) is 18.2 Å². The molecule has 1 aliphatic rings. The van der Waals surface area contributed by atoms with E-state index < -0.39 is 5.38 Å². The van der Waals surface area contributed by atoms with E-state index >= 15 is 0 Å². The molecule has 1 aliphatic heterocycles. The lowest BCUT2D eigenvalue weighted by atomic mass is 10.0. The largest absolute Gasteiger partial charge is 0.493 e. The van der Waals surface area contributed by atoms with Crippen molar-refractivity contribution in [2.45, 2.75) is 11.8 Å². The van der Waals surface area contributed by atoms with Crippen molar-refractivity contribution in [1.82, 2.24) is 0 Å². The normalized spacial score (nSPS) is 14.8. The maximum atomic E-state index is 13.6. The monoisotopic (exact) mass is 374 g/mol. The van der Waals surface area contributed by atoms with Crippen molar-refractivity contribution in [3.8, 4) is 5.75 Å². The molecule has 1 nitrogen and oxygen atoms in total. The zero-order valence-corrected chi connectivity index (χ0v) is 13.4. The average molecular weight is 376 g/mol. The van der Waals surface area contributed by atoms with Gasteiger partial charge in [0.25, 0.3) is 0 Å². The van der Waals surface area contributed by atoms with Gasteiger partial charge in [0.05, 0.1) is 16.5 Å². The van der Waals surface area contributed by atoms with Crippen molar-refractivity contribution in [1.29, 1.82) is 0 Å². The highest BCUT2D eigenvalue weighted by Gasteiger charge is 2.25. The first-order chi connectivity index (χ1) is 9.58. The molecular weight excluding hydrogens is 366 g/mol. The highest BCUT2D eigenvalue weighted by atomic mass is 79.9. The molecule has 1 unspecified atom stereocenters. The van der Waals surface area contributed by atoms with Gasteiger partial charge in [-0.3, -0.25) is 0 Å². The number of rotatable bonds is 2. The molecule has 0 aliphatic carbocycles. The Labute approximate surface area is 134 Å². The van der Waals surface area contributed by atoms with Gasteiger partial charge in [-0.1, -0.05) is 23.7 Å². The second-order valence-electron chi connectivity index (χ2n) is 4.59. The highest BCUT2D eigenvalue weighted by Crippen LogP contribution is 2.43. The third-order valence-electron chi connectivity index (χ3n) is 3.30. The van der Waals surface area contributed by atoms with Crippen LogP contribution in [0.3, 0.4) is 0 Å². The van der Waals surface area contributed by atoms with E-state index in [1.807, 2.05) is 6.07 Å². The van der Waals surface area contributed by atoms with Gasteiger partial charge < -0.3 is 4.74 Å². The molecule has 104 valence electrons. The van der Waals surface area contributed by atoms with Crippen molar-refractivity contribution in [2.75, 3.05) is 6.61 Å². The molecule has 0 amide bonds. The predicted octanol–water partition coefficient (Wildman–Crippen LogP) is 5.50. The van der Waals surface area contributed by atoms with Crippen LogP contribution in [0.5, 0.6) is 5.75 Å². The number of hydrogen-bond donors (Lipinski definition) is 0. The quantitative estimate of drug-likeness (QED) is 0.629. The Hall–Kier alpha value is -0.770. The molecule has 3 rings (SSSR count). The zero-order valence-electron chi connectivity index (χ0n) is 10.3. The van der Waals surface area contributed by atoms with E-state index in [-0.39, 0.29) is 5.82 Å². The van der Waals surface area contributed by atoms with Crippen LogP contribution in [-0.2, 0) is 6.42 Å². The Morgan fingerprint density at radius 1 is 1.25 bits per heavy atom. The van der Waals surface area contributed by atoms with Crippen molar-refractivity contribution in [3.63, 3.8) is 0 Å². The Kier molecular flexibility index (Phi) is 3.93. The van der Waals surface area contributed by atoms with Gasteiger partial charge in [-0.2, -0.15) is 0 Å². The topological polar surface area (TPSA) is 9.23 Å². The van der Waals surface area contributed by atoms with Crippen LogP contribution >= 0.6 is 39.1 Å². The summed E-state index contributed by atoms with van der Waals surface area (Å²) in [5.41, 5.74) is 2.48. The summed E-state index contributed by atoms with van der Waals surface area (Å²) in [5, 5.41) is 0.0908. The summed E-state index contributed by atoms with van der Waals surface area (Å²) >= 11 is 15.9. The van der Waals surface area contributed by atoms with Gasteiger partial charge in [-0.25, -0.2) is 4.39 Å². The van der Waals surface area contributed by atoms with E-state index in [0.717, 1.165) is 23.3 Å². The first-order valence-corrected chi connectivity index (χ1v) is 7.71. The average Bonchev–Trinajstić information content (AvgIpc) is 2.88. The summed E-state index contributed by atoms with van der Waals surface area (Å²) in [5.74, 6) is 0.429. The molecule has 0 bridgehead atoms. The molecule has 0 spiro atoms. The Morgan fingerprint density at radius 2 is 2.05 bits per heavy atom. The Balaban J connectivity index is 2.11. The fourth-order valence-electron chi connectivity index (χ4n) is 2.37. The Bertz CT molecular complexity index is 675. The van der Waals surface area contributed by atoms with Crippen LogP contribution in [-0.4, -0.2) is 6.61 Å². The molecule has 0 aromatic heterocycles. The lowest BCUT2D eigenvalue weighted by Crippen LogP contribution is -1.99. The third-order valence-corrected chi connectivity index (χ3v) is 4.83. The number of alkyl halides is 1. The van der Waals surface area contributed by atoms with Crippen molar-refractivity contribution in [3.05, 3.63) is 62.3 Å². The number of ether oxygens (including phenoxy) is 1. The standard InChI is InChI=1S/C15H10BrCl2FO/c16-13-10(2-1-3-12(13)19)14(18)11-7-9(17)6-8-4-5-20-15(8)11/h1-3,6-7,14H,4-5H2. The lowest BCUT2D eigenvalue weighted by molar-refractivity contribution is 0.353. The minimum absolute atomic E-state index is 0.340. The fourth-order valence-corrected chi connectivity index (χ4v) is 3.59. The van der Waals surface area contributed by atoms with Crippen LogP contribution in [0.15, 0.2) is 34.8 Å². The maximum absolute atomic E-state index is 13.6. The molecule has 0 saturated carbocycles. The van der Waals surface area contributed by atoms with Gasteiger partial charge in [0, 0.05) is 17.0 Å². The first kappa shape index (κ1) is 14.2. The number of fused-ring (bicyclic) bond motifs is 1. The van der Waals surface area contributed by atoms with Gasteiger partial charge in [0.2, 0.25) is 0 Å². The van der Waals surface area contributed by atoms with Crippen LogP contribution in [0, 0.1) is 5.82 Å². The Morgan fingerprint density at radius 3 is 2.85 bits per heavy atom. The van der Waals surface area contributed by atoms with Gasteiger partial charge in [-0.05, 0) is 45.3 Å². The van der Waals surface area contributed by atoms with Crippen LogP contribution in [0.4, 0.5) is 4.39 Å². The molecule has 1 heterocycles. The minimum Gasteiger partial charge on any atom is -0.493 e. The molecule has 0 N–H and O–H groups in total. The summed E-state index contributed by atoms with van der Waals surface area (Å²) < 4.78 is 19.7. The number of halogens is 4. The van der Waals surface area contributed by atoms with E-state index in [4.69, 9.17) is 27.9 Å². The van der Waals surface area contributed by atoms with E-state index in [9.17, 15) is 4.39 Å². The minimum atomic E-state index is -0.523. The zero-order chi connectivity index (χ0) is 14.3. The summed E-state index contributed by atoms with van der Waals surface area (Å²) in [6.45, 7) is 0.622. The molecule has 2 aromatic rings. The van der Waals surface area contributed by atoms with E-state index in [1.165, 1.54) is 6.07 Å².